The van der Waals surface area contributed by atoms with Gasteiger partial charge in [-0.3, -0.25) is 0 Å². The van der Waals surface area contributed by atoms with Crippen molar-refractivity contribution in [2.75, 3.05) is 20.0 Å². The zero-order valence-electron chi connectivity index (χ0n) is 11.8. The molecule has 6 heteroatoms. The van der Waals surface area contributed by atoms with E-state index < -0.39 is 0 Å². The van der Waals surface area contributed by atoms with Crippen LogP contribution in [0.1, 0.15) is 17.3 Å². The minimum atomic E-state index is -0.0657. The van der Waals surface area contributed by atoms with Crippen molar-refractivity contribution in [1.29, 1.82) is 0 Å². The van der Waals surface area contributed by atoms with E-state index in [0.29, 0.717) is 11.5 Å². The number of nitrogens with zero attached hydrogens (tertiary/aromatic N) is 1. The molecule has 2 rings (SSSR count). The fourth-order valence-electron chi connectivity index (χ4n) is 1.74. The van der Waals surface area contributed by atoms with Crippen LogP contribution in [0.5, 0.6) is 11.5 Å². The number of hydrogen-bond donors (Lipinski definition) is 1. The van der Waals surface area contributed by atoms with Gasteiger partial charge in [0.15, 0.2) is 11.5 Å². The first-order valence-corrected chi connectivity index (χ1v) is 8.03. The van der Waals surface area contributed by atoms with E-state index in [9.17, 15) is 0 Å². The van der Waals surface area contributed by atoms with Gasteiger partial charge in [-0.05, 0) is 24.6 Å². The van der Waals surface area contributed by atoms with Gasteiger partial charge in [-0.25, -0.2) is 4.98 Å². The molecule has 1 heterocycles. The lowest BCUT2D eigenvalue weighted by Crippen LogP contribution is -2.13. The highest BCUT2D eigenvalue weighted by molar-refractivity contribution is 8.01. The summed E-state index contributed by atoms with van der Waals surface area (Å²) in [6, 6.07) is 5.72. The van der Waals surface area contributed by atoms with Crippen molar-refractivity contribution in [1.82, 2.24) is 4.98 Å². The van der Waals surface area contributed by atoms with E-state index >= 15 is 0 Å². The molecule has 20 heavy (non-hydrogen) atoms. The van der Waals surface area contributed by atoms with Gasteiger partial charge in [-0.15, -0.1) is 11.3 Å². The molecule has 0 bridgehead atoms. The summed E-state index contributed by atoms with van der Waals surface area (Å²) >= 11 is 3.33. The third kappa shape index (κ3) is 3.65. The van der Waals surface area contributed by atoms with Crippen LogP contribution in [0.4, 0.5) is 0 Å². The molecule has 0 radical (unpaired) electrons. The largest absolute Gasteiger partial charge is 0.493 e. The maximum Gasteiger partial charge on any atom is 0.161 e. The second kappa shape index (κ2) is 6.97. The summed E-state index contributed by atoms with van der Waals surface area (Å²) in [6.45, 7) is 1.99. The first-order chi connectivity index (χ1) is 9.63. The Hall–Kier alpha value is -1.24. The van der Waals surface area contributed by atoms with Gasteiger partial charge >= 0.3 is 0 Å². The monoisotopic (exact) mass is 310 g/mol. The molecule has 1 aromatic heterocycles. The van der Waals surface area contributed by atoms with Gasteiger partial charge < -0.3 is 15.2 Å². The van der Waals surface area contributed by atoms with Crippen LogP contribution in [0, 0.1) is 6.92 Å². The van der Waals surface area contributed by atoms with Crippen molar-refractivity contribution in [2.24, 2.45) is 5.73 Å². The lowest BCUT2D eigenvalue weighted by atomic mass is 10.1. The Morgan fingerprint density at radius 2 is 2.05 bits per heavy atom. The number of aryl methyl sites for hydroxylation is 1. The lowest BCUT2D eigenvalue weighted by Gasteiger charge is -2.14. The molecule has 0 spiro atoms. The summed E-state index contributed by atoms with van der Waals surface area (Å²) in [5.74, 6) is 2.20. The second-order valence-corrected chi connectivity index (χ2v) is 6.41. The van der Waals surface area contributed by atoms with Crippen molar-refractivity contribution in [3.8, 4) is 11.5 Å². The highest BCUT2D eigenvalue weighted by atomic mass is 32.2. The van der Waals surface area contributed by atoms with Gasteiger partial charge in [0.05, 0.1) is 14.2 Å². The summed E-state index contributed by atoms with van der Waals surface area (Å²) in [5, 5.41) is 2.05. The fraction of sp³-hybridized carbons (Fsp3) is 0.357. The van der Waals surface area contributed by atoms with Crippen molar-refractivity contribution in [3.63, 3.8) is 0 Å². The van der Waals surface area contributed by atoms with Crippen molar-refractivity contribution < 1.29 is 9.47 Å². The molecule has 1 unspecified atom stereocenters. The SMILES string of the molecule is COc1ccc(C(N)CSc2nc(C)cs2)cc1OC. The average Bonchev–Trinajstić information content (AvgIpc) is 2.89. The molecule has 4 nitrogen and oxygen atoms in total. The summed E-state index contributed by atoms with van der Waals surface area (Å²) in [6.07, 6.45) is 0. The number of thiazole rings is 1. The van der Waals surface area contributed by atoms with Crippen LogP contribution in [0.25, 0.3) is 0 Å². The zero-order chi connectivity index (χ0) is 14.5. The Balaban J connectivity index is 2.03. The fourth-order valence-corrected chi connectivity index (χ4v) is 3.60. The quantitative estimate of drug-likeness (QED) is 0.830. The molecule has 0 saturated heterocycles. The molecule has 2 aromatic rings. The number of nitrogens with two attached hydrogens (primary N) is 1. The topological polar surface area (TPSA) is 57.4 Å². The molecule has 0 aliphatic rings. The van der Waals surface area contributed by atoms with Crippen molar-refractivity contribution >= 4 is 23.1 Å². The minimum absolute atomic E-state index is 0.0657. The molecule has 0 amide bonds. The van der Waals surface area contributed by atoms with Crippen LogP contribution < -0.4 is 15.2 Å². The van der Waals surface area contributed by atoms with E-state index in [1.165, 1.54) is 0 Å². The first kappa shape index (κ1) is 15.2. The van der Waals surface area contributed by atoms with E-state index in [4.69, 9.17) is 15.2 Å². The van der Waals surface area contributed by atoms with Crippen LogP contribution in [0.15, 0.2) is 27.9 Å². The minimum Gasteiger partial charge on any atom is -0.493 e. The van der Waals surface area contributed by atoms with E-state index in [2.05, 4.69) is 4.98 Å². The van der Waals surface area contributed by atoms with Crippen LogP contribution in [-0.2, 0) is 0 Å². The molecule has 0 aliphatic carbocycles. The smallest absolute Gasteiger partial charge is 0.161 e. The Morgan fingerprint density at radius 3 is 2.65 bits per heavy atom. The molecule has 0 aliphatic heterocycles. The van der Waals surface area contributed by atoms with E-state index in [1.54, 1.807) is 37.3 Å². The average molecular weight is 310 g/mol. The maximum absolute atomic E-state index is 6.22. The number of hydrogen-bond acceptors (Lipinski definition) is 6. The van der Waals surface area contributed by atoms with Crippen LogP contribution in [0.2, 0.25) is 0 Å². The standard InChI is InChI=1S/C14H18N2O2S2/c1-9-7-19-14(16-9)20-8-11(15)10-4-5-12(17-2)13(6-10)18-3/h4-7,11H,8,15H2,1-3H3. The number of thioether (sulfide) groups is 1. The normalized spacial score (nSPS) is 12.2. The summed E-state index contributed by atoms with van der Waals surface area (Å²) in [5.41, 5.74) is 8.31. The molecule has 1 atom stereocenters. The molecule has 1 aromatic carbocycles. The predicted molar refractivity (Wildman–Crippen MR) is 84.0 cm³/mol. The molecule has 108 valence electrons. The number of rotatable bonds is 6. The van der Waals surface area contributed by atoms with Gasteiger partial charge in [-0.1, -0.05) is 17.8 Å². The molecule has 0 saturated carbocycles. The molecule has 2 N–H and O–H groups in total. The van der Waals surface area contributed by atoms with Gasteiger partial charge in [0.2, 0.25) is 0 Å². The highest BCUT2D eigenvalue weighted by Gasteiger charge is 2.12. The maximum atomic E-state index is 6.22. The third-order valence-corrected chi connectivity index (χ3v) is 5.08. The van der Waals surface area contributed by atoms with Gasteiger partial charge in [0.1, 0.15) is 4.34 Å². The van der Waals surface area contributed by atoms with Crippen molar-refractivity contribution in [2.45, 2.75) is 17.3 Å². The van der Waals surface area contributed by atoms with Gasteiger partial charge in [-0.2, -0.15) is 0 Å². The van der Waals surface area contributed by atoms with E-state index in [-0.39, 0.29) is 6.04 Å². The Labute approximate surface area is 127 Å². The Bertz CT molecular complexity index is 572. The predicted octanol–water partition coefficient (Wildman–Crippen LogP) is 3.26. The summed E-state index contributed by atoms with van der Waals surface area (Å²) in [4.78, 5) is 4.42. The van der Waals surface area contributed by atoms with E-state index in [1.807, 2.05) is 30.5 Å². The van der Waals surface area contributed by atoms with Crippen molar-refractivity contribution in [3.05, 3.63) is 34.8 Å². The lowest BCUT2D eigenvalue weighted by molar-refractivity contribution is 0.354. The van der Waals surface area contributed by atoms with Crippen LogP contribution in [0.3, 0.4) is 0 Å². The highest BCUT2D eigenvalue weighted by Crippen LogP contribution is 2.31. The number of aromatic nitrogens is 1. The van der Waals surface area contributed by atoms with Gasteiger partial charge in [0.25, 0.3) is 0 Å². The zero-order valence-corrected chi connectivity index (χ0v) is 13.4. The summed E-state index contributed by atoms with van der Waals surface area (Å²) in [7, 11) is 3.25. The first-order valence-electron chi connectivity index (χ1n) is 6.16. The molecular formula is C14H18N2O2S2. The second-order valence-electron chi connectivity index (χ2n) is 4.29. The molecular weight excluding hydrogens is 292 g/mol. The van der Waals surface area contributed by atoms with Crippen LogP contribution >= 0.6 is 23.1 Å². The Kier molecular flexibility index (Phi) is 5.28. The Morgan fingerprint density at radius 1 is 1.30 bits per heavy atom. The molecule has 0 fully saturated rings. The van der Waals surface area contributed by atoms with Crippen LogP contribution in [-0.4, -0.2) is 25.0 Å². The number of methoxy groups -OCH3 is 2. The number of ether oxygens (including phenoxy) is 2. The summed E-state index contributed by atoms with van der Waals surface area (Å²) < 4.78 is 11.6. The number of benzene rings is 1. The van der Waals surface area contributed by atoms with Gasteiger partial charge in [0, 0.05) is 22.9 Å². The third-order valence-electron chi connectivity index (χ3n) is 2.82. The van der Waals surface area contributed by atoms with E-state index in [0.717, 1.165) is 21.3 Å².